The molecule has 1 aliphatic rings. The number of aromatic nitrogens is 4. The van der Waals surface area contributed by atoms with Crippen LogP contribution in [0.1, 0.15) is 130 Å². The van der Waals surface area contributed by atoms with Gasteiger partial charge in [0.1, 0.15) is 18.9 Å². The number of hydrogen-bond acceptors (Lipinski definition) is 9. The molecule has 13 heteroatoms. The number of nitrogen functional groups attached to an aromatic ring is 1. The first kappa shape index (κ1) is 35.2. The Labute approximate surface area is 256 Å². The maximum Gasteiger partial charge on any atom is 0.613 e. The van der Waals surface area contributed by atoms with Gasteiger partial charge in [-0.25, -0.2) is 4.98 Å². The fourth-order valence-electron chi connectivity index (χ4n) is 5.34. The molecule has 3 heterocycles. The summed E-state index contributed by atoms with van der Waals surface area (Å²) < 4.78 is 44.8. The molecular weight excluding hydrogens is 574 g/mol. The monoisotopic (exact) mass is 625 g/mol. The molecule has 3 N–H and O–H groups in total. The first-order valence-corrected chi connectivity index (χ1v) is 17.3. The van der Waals surface area contributed by atoms with E-state index in [2.05, 4.69) is 27.0 Å². The number of carbonyl (C=O) groups is 1. The second-order valence-corrected chi connectivity index (χ2v) is 12.9. The summed E-state index contributed by atoms with van der Waals surface area (Å²) in [5.74, 6) is -0.494. The van der Waals surface area contributed by atoms with Crippen molar-refractivity contribution in [2.45, 2.75) is 141 Å². The maximum atomic E-state index is 13.7. The molecule has 2 aromatic heterocycles. The summed E-state index contributed by atoms with van der Waals surface area (Å²) in [4.78, 5) is 23.8. The number of anilines is 1. The number of nitrogens with two attached hydrogens (primary N) is 1. The Balaban J connectivity index is 1.22. The highest BCUT2D eigenvalue weighted by atomic mass is 31.1. The minimum Gasteiger partial charge on any atom is -0.464 e. The molecule has 0 amide bonds. The molecule has 1 aliphatic heterocycles. The lowest BCUT2D eigenvalue weighted by molar-refractivity contribution is -0.145. The molecule has 1 fully saturated rings. The number of nitrogens with zero attached hydrogens (tertiary/aromatic N) is 4. The Morgan fingerprint density at radius 1 is 1.12 bits per heavy atom. The number of hydrogen-bond donors (Lipinski definition) is 2. The molecule has 0 saturated carbocycles. The smallest absolute Gasteiger partial charge is 0.464 e. The van der Waals surface area contributed by atoms with Gasteiger partial charge < -0.3 is 15.2 Å². The molecule has 0 bridgehead atoms. The summed E-state index contributed by atoms with van der Waals surface area (Å²) >= 11 is 0. The first-order chi connectivity index (χ1) is 20.7. The van der Waals surface area contributed by atoms with E-state index in [9.17, 15) is 13.8 Å². The van der Waals surface area contributed by atoms with E-state index in [-0.39, 0.29) is 18.1 Å². The minimum atomic E-state index is -2.32. The zero-order valence-electron chi connectivity index (χ0n) is 26.2. The van der Waals surface area contributed by atoms with Crippen LogP contribution in [0, 0.1) is 6.08 Å². The molecule has 2 aromatic rings. The predicted octanol–water partition coefficient (Wildman–Crippen LogP) is 7.29. The molecule has 1 saturated heterocycles. The highest BCUT2D eigenvalue weighted by molar-refractivity contribution is 7.36. The summed E-state index contributed by atoms with van der Waals surface area (Å²) in [5, 5.41) is 2.67. The Hall–Kier alpha value is -2.27. The average Bonchev–Trinajstić information content (AvgIpc) is 3.58. The van der Waals surface area contributed by atoms with Crippen molar-refractivity contribution in [2.75, 3.05) is 18.9 Å². The number of halogens is 1. The zero-order valence-corrected chi connectivity index (χ0v) is 27.1. The van der Waals surface area contributed by atoms with Gasteiger partial charge in [-0.3, -0.25) is 9.36 Å². The average molecular weight is 626 g/mol. The number of carbonyl (C=O) groups excluding carboxylic acids is 1. The van der Waals surface area contributed by atoms with Crippen LogP contribution in [-0.4, -0.2) is 50.3 Å². The van der Waals surface area contributed by atoms with Crippen molar-refractivity contribution in [1.29, 1.82) is 0 Å². The predicted molar refractivity (Wildman–Crippen MR) is 165 cm³/mol. The van der Waals surface area contributed by atoms with E-state index in [1.54, 1.807) is 11.5 Å². The Bertz CT molecular complexity index is 1150. The highest BCUT2D eigenvalue weighted by Crippen LogP contribution is 2.39. The summed E-state index contributed by atoms with van der Waals surface area (Å²) in [6.45, 7) is 6.09. The molecule has 0 radical (unpaired) electrons. The van der Waals surface area contributed by atoms with Crippen molar-refractivity contribution in [2.24, 2.45) is 0 Å². The van der Waals surface area contributed by atoms with Crippen molar-refractivity contribution in [3.05, 3.63) is 12.4 Å². The van der Waals surface area contributed by atoms with Crippen LogP contribution in [0.2, 0.25) is 0 Å². The fourth-order valence-corrected chi connectivity index (χ4v) is 6.22. The van der Waals surface area contributed by atoms with Gasteiger partial charge in [0.2, 0.25) is 0 Å². The van der Waals surface area contributed by atoms with E-state index in [4.69, 9.17) is 19.7 Å². The van der Waals surface area contributed by atoms with Gasteiger partial charge in [0, 0.05) is 0 Å². The van der Waals surface area contributed by atoms with E-state index in [0.717, 1.165) is 19.3 Å². The van der Waals surface area contributed by atoms with Gasteiger partial charge in [0.05, 0.1) is 18.5 Å². The summed E-state index contributed by atoms with van der Waals surface area (Å²) in [5.41, 5.74) is 5.54. The summed E-state index contributed by atoms with van der Waals surface area (Å²) in [6, 6.07) is -0.766. The van der Waals surface area contributed by atoms with Gasteiger partial charge in [-0.1, -0.05) is 95.5 Å². The topological polar surface area (TPSA) is 143 Å². The number of fused-ring (bicyclic) bond motifs is 1. The van der Waals surface area contributed by atoms with Gasteiger partial charge in [-0.15, -0.1) is 4.52 Å². The van der Waals surface area contributed by atoms with E-state index >= 15 is 0 Å². The third-order valence-corrected chi connectivity index (χ3v) is 8.92. The van der Waals surface area contributed by atoms with Crippen LogP contribution in [0.15, 0.2) is 6.33 Å². The van der Waals surface area contributed by atoms with E-state index < -0.39 is 38.1 Å². The largest absolute Gasteiger partial charge is 0.613 e. The molecule has 3 rings (SSSR count). The van der Waals surface area contributed by atoms with Gasteiger partial charge in [-0.05, 0) is 37.7 Å². The lowest BCUT2D eigenvalue weighted by atomic mass is 10.0. The van der Waals surface area contributed by atoms with Crippen LogP contribution < -0.4 is 10.8 Å². The molecular formula is C30H51FN6O5P+. The number of ether oxygens (including phenoxy) is 2. The van der Waals surface area contributed by atoms with Crippen molar-refractivity contribution >= 4 is 31.1 Å². The quantitative estimate of drug-likeness (QED) is 0.0592. The lowest BCUT2D eigenvalue weighted by Gasteiger charge is -2.22. The van der Waals surface area contributed by atoms with E-state index in [0.29, 0.717) is 25.0 Å². The Morgan fingerprint density at radius 2 is 1.72 bits per heavy atom. The molecule has 4 atom stereocenters. The first-order valence-electron chi connectivity index (χ1n) is 16.1. The SMILES string of the molecule is CCCCCCCCCCCCCCCCOC(=O)[C@H](C)N[P+](=O)OC[C@]1(C)CC[C@H](n2cnc3c(N)nc(F)nc32)O1. The van der Waals surface area contributed by atoms with Gasteiger partial charge in [0.25, 0.3) is 0 Å². The molecule has 0 spiro atoms. The number of esters is 1. The van der Waals surface area contributed by atoms with E-state index in [1.165, 1.54) is 77.0 Å². The van der Waals surface area contributed by atoms with Crippen molar-refractivity contribution in [3.8, 4) is 0 Å². The Kier molecular flexibility index (Phi) is 15.2. The summed E-state index contributed by atoms with van der Waals surface area (Å²) in [6.07, 6.45) is 19.0. The number of imidazole rings is 1. The molecule has 0 aromatic carbocycles. The maximum absolute atomic E-state index is 13.7. The van der Waals surface area contributed by atoms with Crippen LogP contribution in [0.3, 0.4) is 0 Å². The summed E-state index contributed by atoms with van der Waals surface area (Å²) in [7, 11) is -2.32. The number of unbranched alkanes of at least 4 members (excludes halogenated alkanes) is 13. The molecule has 43 heavy (non-hydrogen) atoms. The molecule has 11 nitrogen and oxygen atoms in total. The third kappa shape index (κ3) is 12.0. The van der Waals surface area contributed by atoms with Crippen molar-refractivity contribution < 1.29 is 27.7 Å². The number of rotatable bonds is 22. The van der Waals surface area contributed by atoms with Crippen molar-refractivity contribution in [3.63, 3.8) is 0 Å². The van der Waals surface area contributed by atoms with E-state index in [1.807, 2.05) is 6.92 Å². The van der Waals surface area contributed by atoms with Crippen LogP contribution >= 0.6 is 8.18 Å². The van der Waals surface area contributed by atoms with Gasteiger partial charge in [-0.2, -0.15) is 14.4 Å². The van der Waals surface area contributed by atoms with Crippen LogP contribution in [0.5, 0.6) is 0 Å². The molecule has 242 valence electrons. The van der Waals surface area contributed by atoms with Gasteiger partial charge in [0.15, 0.2) is 17.0 Å². The van der Waals surface area contributed by atoms with Crippen LogP contribution in [0.25, 0.3) is 11.2 Å². The molecule has 0 aliphatic carbocycles. The molecule has 1 unspecified atom stereocenters. The van der Waals surface area contributed by atoms with Crippen LogP contribution in [0.4, 0.5) is 10.2 Å². The van der Waals surface area contributed by atoms with Gasteiger partial charge >= 0.3 is 20.2 Å². The Morgan fingerprint density at radius 3 is 2.35 bits per heavy atom. The second-order valence-electron chi connectivity index (χ2n) is 11.9. The highest BCUT2D eigenvalue weighted by Gasteiger charge is 2.41. The lowest BCUT2D eigenvalue weighted by Crippen LogP contribution is -2.33. The third-order valence-electron chi connectivity index (χ3n) is 7.95. The fraction of sp³-hybridized carbons (Fsp3) is 0.800. The standard InChI is InChI=1S/C30H51FN6O5P/c1-4-5-6-7-8-9-10-11-12-13-14-15-16-17-20-40-28(38)23(2)36-43(39)41-21-30(3)19-18-24(42-30)37-22-33-25-26(32)34-29(31)35-27(25)37/h22-24H,4-21H2,1-3H3,(H,36,39)(H2,32,34,35)/q+1/t23-,24+,30-/m0/s1. The second kappa shape index (κ2) is 18.5. The van der Waals surface area contributed by atoms with Crippen LogP contribution in [-0.2, 0) is 23.4 Å². The normalized spacial score (nSPS) is 19.6. The minimum absolute atomic E-state index is 0.0324. The van der Waals surface area contributed by atoms with Crippen molar-refractivity contribution in [1.82, 2.24) is 24.6 Å². The number of nitrogens with one attached hydrogen (secondary N) is 1. The zero-order chi connectivity index (χ0) is 31.1.